The summed E-state index contributed by atoms with van der Waals surface area (Å²) in [6.07, 6.45) is 0. The van der Waals surface area contributed by atoms with Crippen molar-refractivity contribution in [2.24, 2.45) is 0 Å². The summed E-state index contributed by atoms with van der Waals surface area (Å²) in [6.45, 7) is 5.79. The molecule has 7 nitrogen and oxygen atoms in total. The van der Waals surface area contributed by atoms with Gasteiger partial charge in [-0.2, -0.15) is 16.8 Å². The molecule has 0 fully saturated rings. The molecule has 2 aromatic carbocycles. The third-order valence-corrected chi connectivity index (χ3v) is 7.03. The molecule has 0 aliphatic heterocycles. The van der Waals surface area contributed by atoms with E-state index in [-0.39, 0.29) is 22.7 Å². The van der Waals surface area contributed by atoms with Crippen LogP contribution in [0.1, 0.15) is 45.7 Å². The van der Waals surface area contributed by atoms with E-state index in [1.54, 1.807) is 13.8 Å². The van der Waals surface area contributed by atoms with Gasteiger partial charge in [0.1, 0.15) is 0 Å². The van der Waals surface area contributed by atoms with Crippen LogP contribution in [0, 0.1) is 13.8 Å². The van der Waals surface area contributed by atoms with Crippen LogP contribution in [0.25, 0.3) is 0 Å². The summed E-state index contributed by atoms with van der Waals surface area (Å²) in [6, 6.07) is 7.22. The third kappa shape index (κ3) is 4.49. The van der Waals surface area contributed by atoms with Crippen molar-refractivity contribution in [2.75, 3.05) is 0 Å². The minimum atomic E-state index is -4.71. The first-order valence-electron chi connectivity index (χ1n) is 7.79. The van der Waals surface area contributed by atoms with Crippen molar-refractivity contribution in [3.8, 4) is 0 Å². The summed E-state index contributed by atoms with van der Waals surface area (Å²) in [5.41, 5.74) is 1.39. The van der Waals surface area contributed by atoms with Crippen LogP contribution in [-0.2, 0) is 23.9 Å². The van der Waals surface area contributed by atoms with E-state index in [0.29, 0.717) is 11.1 Å². The molecule has 0 saturated heterocycles. The van der Waals surface area contributed by atoms with E-state index in [1.807, 2.05) is 0 Å². The van der Waals surface area contributed by atoms with Crippen molar-refractivity contribution in [3.63, 3.8) is 0 Å². The van der Waals surface area contributed by atoms with Gasteiger partial charge in [-0.15, -0.1) is 3.63 Å². The Morgan fingerprint density at radius 3 is 1.33 bits per heavy atom. The lowest BCUT2D eigenvalue weighted by Crippen LogP contribution is -2.15. The Morgan fingerprint density at radius 2 is 1.04 bits per heavy atom. The molecule has 0 atom stereocenters. The number of hydrogen-bond donors (Lipinski definition) is 0. The zero-order chi connectivity index (χ0) is 20.6. The minimum absolute atomic E-state index is 0.145. The summed E-state index contributed by atoms with van der Waals surface area (Å²) in [5.74, 6) is -0.728. The molecule has 0 bridgehead atoms. The van der Waals surface area contributed by atoms with Gasteiger partial charge in [0.15, 0.2) is 11.6 Å². The second kappa shape index (κ2) is 7.34. The maximum atomic E-state index is 12.4. The first-order chi connectivity index (χ1) is 12.3. The molecule has 0 radical (unpaired) electrons. The van der Waals surface area contributed by atoms with Gasteiger partial charge < -0.3 is 0 Å². The quantitative estimate of drug-likeness (QED) is 0.673. The number of carbonyl (C=O) groups excluding carboxylic acids is 2. The number of aryl methyl sites for hydroxylation is 2. The molecule has 0 heterocycles. The van der Waals surface area contributed by atoms with Crippen molar-refractivity contribution in [3.05, 3.63) is 58.7 Å². The number of carbonyl (C=O) groups is 2. The molecule has 0 unspecified atom stereocenters. The lowest BCUT2D eigenvalue weighted by Gasteiger charge is -2.10. The smallest absolute Gasteiger partial charge is 0.295 e. The summed E-state index contributed by atoms with van der Waals surface area (Å²) in [5, 5.41) is 0. The number of rotatable bonds is 6. The van der Waals surface area contributed by atoms with Crippen LogP contribution < -0.4 is 0 Å². The van der Waals surface area contributed by atoms with Crippen LogP contribution in [0.5, 0.6) is 0 Å². The van der Waals surface area contributed by atoms with Crippen molar-refractivity contribution in [1.82, 2.24) is 0 Å². The first-order valence-corrected chi connectivity index (χ1v) is 10.6. The molecule has 0 spiro atoms. The second-order valence-electron chi connectivity index (χ2n) is 6.04. The van der Waals surface area contributed by atoms with Crippen molar-refractivity contribution in [1.29, 1.82) is 0 Å². The van der Waals surface area contributed by atoms with E-state index < -0.39 is 30.0 Å². The zero-order valence-electron chi connectivity index (χ0n) is 15.1. The molecule has 0 aliphatic carbocycles. The van der Waals surface area contributed by atoms with Gasteiger partial charge >= 0.3 is 20.2 Å². The average molecular weight is 410 g/mol. The van der Waals surface area contributed by atoms with Gasteiger partial charge in [-0.3, -0.25) is 9.59 Å². The highest BCUT2D eigenvalue weighted by molar-refractivity contribution is 7.99. The highest BCUT2D eigenvalue weighted by Crippen LogP contribution is 2.24. The normalized spacial score (nSPS) is 12.0. The zero-order valence-corrected chi connectivity index (χ0v) is 16.8. The summed E-state index contributed by atoms with van der Waals surface area (Å²) < 4.78 is 54.1. The van der Waals surface area contributed by atoms with Crippen LogP contribution in [-0.4, -0.2) is 28.4 Å². The SMILES string of the molecule is CC(=O)c1cc(S(=O)(=O)OS(=O)(=O)c2ccc(C)c(C(C)=O)c2)ccc1C. The molecule has 0 N–H and O–H groups in total. The second-order valence-corrected chi connectivity index (χ2v) is 9.35. The fourth-order valence-corrected chi connectivity index (χ4v) is 5.03. The monoisotopic (exact) mass is 410 g/mol. The maximum Gasteiger partial charge on any atom is 0.311 e. The summed E-state index contributed by atoms with van der Waals surface area (Å²) in [7, 11) is -9.41. The molecule has 27 heavy (non-hydrogen) atoms. The molecular formula is C18H18O7S2. The van der Waals surface area contributed by atoms with Crippen molar-refractivity contribution in [2.45, 2.75) is 37.5 Å². The Labute approximate surface area is 158 Å². The van der Waals surface area contributed by atoms with E-state index in [2.05, 4.69) is 3.63 Å². The topological polar surface area (TPSA) is 112 Å². The molecular weight excluding hydrogens is 392 g/mol. The Morgan fingerprint density at radius 1 is 0.704 bits per heavy atom. The molecule has 2 aromatic rings. The van der Waals surface area contributed by atoms with Gasteiger partial charge in [0.25, 0.3) is 0 Å². The summed E-state index contributed by atoms with van der Waals surface area (Å²) >= 11 is 0. The standard InChI is InChI=1S/C18H18O7S2/c1-11-5-7-15(9-17(11)13(3)19)26(21,22)25-27(23,24)16-8-6-12(2)18(10-16)14(4)20/h5-10H,1-4H3. The van der Waals surface area contributed by atoms with Crippen LogP contribution >= 0.6 is 0 Å². The molecule has 0 aliphatic rings. The van der Waals surface area contributed by atoms with E-state index >= 15 is 0 Å². The number of benzene rings is 2. The predicted molar refractivity (Wildman–Crippen MR) is 97.8 cm³/mol. The van der Waals surface area contributed by atoms with E-state index in [9.17, 15) is 26.4 Å². The van der Waals surface area contributed by atoms with Crippen LogP contribution in [0.15, 0.2) is 46.2 Å². The third-order valence-electron chi connectivity index (χ3n) is 3.93. The number of Topliss-reactive ketones (excluding diaryl/α,β-unsaturated/α-hetero) is 2. The Kier molecular flexibility index (Phi) is 5.69. The molecule has 0 saturated carbocycles. The van der Waals surface area contributed by atoms with Crippen molar-refractivity contribution < 1.29 is 30.1 Å². The predicted octanol–water partition coefficient (Wildman–Crippen LogP) is 2.80. The van der Waals surface area contributed by atoms with E-state index in [1.165, 1.54) is 26.0 Å². The highest BCUT2D eigenvalue weighted by atomic mass is 32.3. The van der Waals surface area contributed by atoms with Gasteiger partial charge in [0.2, 0.25) is 0 Å². The Hall–Kier alpha value is -2.36. The molecule has 2 rings (SSSR count). The lowest BCUT2D eigenvalue weighted by atomic mass is 10.1. The number of ketones is 2. The lowest BCUT2D eigenvalue weighted by molar-refractivity contribution is 0.100. The van der Waals surface area contributed by atoms with Gasteiger partial charge in [-0.1, -0.05) is 12.1 Å². The fourth-order valence-electron chi connectivity index (χ4n) is 2.47. The van der Waals surface area contributed by atoms with Gasteiger partial charge in [-0.25, -0.2) is 0 Å². The van der Waals surface area contributed by atoms with E-state index in [0.717, 1.165) is 24.3 Å². The van der Waals surface area contributed by atoms with Gasteiger partial charge in [0, 0.05) is 11.1 Å². The molecule has 144 valence electrons. The number of hydrogen-bond acceptors (Lipinski definition) is 7. The average Bonchev–Trinajstić information content (AvgIpc) is 2.53. The van der Waals surface area contributed by atoms with Crippen LogP contribution in [0.4, 0.5) is 0 Å². The van der Waals surface area contributed by atoms with Crippen LogP contribution in [0.2, 0.25) is 0 Å². The highest BCUT2D eigenvalue weighted by Gasteiger charge is 2.28. The Balaban J connectivity index is 2.48. The summed E-state index contributed by atoms with van der Waals surface area (Å²) in [4.78, 5) is 22.3. The van der Waals surface area contributed by atoms with Gasteiger partial charge in [0.05, 0.1) is 9.79 Å². The molecule has 9 heteroatoms. The molecule has 0 aromatic heterocycles. The van der Waals surface area contributed by atoms with E-state index in [4.69, 9.17) is 0 Å². The molecule has 0 amide bonds. The first kappa shape index (κ1) is 20.9. The van der Waals surface area contributed by atoms with Crippen molar-refractivity contribution >= 4 is 31.8 Å². The van der Waals surface area contributed by atoms with Gasteiger partial charge in [-0.05, 0) is 63.1 Å². The fraction of sp³-hybridized carbons (Fsp3) is 0.222. The Bertz CT molecular complexity index is 1050. The largest absolute Gasteiger partial charge is 0.311 e. The maximum absolute atomic E-state index is 12.4. The van der Waals surface area contributed by atoms with Crippen LogP contribution in [0.3, 0.4) is 0 Å². The minimum Gasteiger partial charge on any atom is -0.295 e.